The summed E-state index contributed by atoms with van der Waals surface area (Å²) in [5.74, 6) is -2.51. The number of halogens is 1. The highest BCUT2D eigenvalue weighted by Crippen LogP contribution is 2.23. The SMILES string of the molecule is C/C=C(\F)[C@@H](O)[C@@H](C)C(=O)N1C(=O)OC[C@@H]1Cc1ccccc1. The largest absolute Gasteiger partial charge is 0.447 e. The van der Waals surface area contributed by atoms with Crippen LogP contribution in [0, 0.1) is 5.92 Å². The number of carbonyl (C=O) groups is 2. The Morgan fingerprint density at radius 3 is 2.74 bits per heavy atom. The van der Waals surface area contributed by atoms with Crippen LogP contribution in [0.3, 0.4) is 0 Å². The fourth-order valence-corrected chi connectivity index (χ4v) is 2.53. The van der Waals surface area contributed by atoms with Crippen LogP contribution in [0.4, 0.5) is 9.18 Å². The van der Waals surface area contributed by atoms with E-state index in [4.69, 9.17) is 4.74 Å². The molecule has 1 N–H and O–H groups in total. The van der Waals surface area contributed by atoms with Crippen molar-refractivity contribution in [1.82, 2.24) is 4.90 Å². The van der Waals surface area contributed by atoms with Gasteiger partial charge in [-0.05, 0) is 18.9 Å². The van der Waals surface area contributed by atoms with Crippen LogP contribution in [0.1, 0.15) is 19.4 Å². The third-order valence-corrected chi connectivity index (χ3v) is 3.93. The number of aliphatic hydroxyl groups excluding tert-OH is 1. The average Bonchev–Trinajstić information content (AvgIpc) is 2.93. The maximum absolute atomic E-state index is 13.5. The Morgan fingerprint density at radius 1 is 1.48 bits per heavy atom. The standard InChI is InChI=1S/C17H20FNO4/c1-3-14(18)15(20)11(2)16(21)19-13(10-23-17(19)22)9-12-7-5-4-6-8-12/h3-8,11,13,15,20H,9-10H2,1-2H3/b14-3-/t11-,13+,15+/m1/s1. The molecular weight excluding hydrogens is 301 g/mol. The fourth-order valence-electron chi connectivity index (χ4n) is 2.53. The van der Waals surface area contributed by atoms with Crippen molar-refractivity contribution in [2.45, 2.75) is 32.4 Å². The number of imide groups is 1. The molecule has 0 bridgehead atoms. The molecule has 1 fully saturated rings. The second-order valence-corrected chi connectivity index (χ2v) is 5.54. The molecule has 1 aromatic rings. The molecule has 0 radical (unpaired) electrons. The van der Waals surface area contributed by atoms with Gasteiger partial charge in [-0.3, -0.25) is 4.79 Å². The Hall–Kier alpha value is -2.21. The van der Waals surface area contributed by atoms with Gasteiger partial charge in [0.1, 0.15) is 18.5 Å². The molecule has 1 heterocycles. The smallest absolute Gasteiger partial charge is 0.416 e. The lowest BCUT2D eigenvalue weighted by atomic mass is 9.99. The quantitative estimate of drug-likeness (QED) is 0.904. The Kier molecular flexibility index (Phi) is 5.50. The summed E-state index contributed by atoms with van der Waals surface area (Å²) in [7, 11) is 0. The summed E-state index contributed by atoms with van der Waals surface area (Å²) in [6.45, 7) is 2.91. The highest BCUT2D eigenvalue weighted by Gasteiger charge is 2.41. The molecule has 1 aliphatic heterocycles. The van der Waals surface area contributed by atoms with Crippen molar-refractivity contribution >= 4 is 12.0 Å². The van der Waals surface area contributed by atoms with Gasteiger partial charge >= 0.3 is 6.09 Å². The summed E-state index contributed by atoms with van der Waals surface area (Å²) in [5, 5.41) is 9.84. The summed E-state index contributed by atoms with van der Waals surface area (Å²) >= 11 is 0. The fraction of sp³-hybridized carbons (Fsp3) is 0.412. The molecule has 0 aromatic heterocycles. The van der Waals surface area contributed by atoms with Crippen LogP contribution in [-0.4, -0.2) is 40.8 Å². The average molecular weight is 321 g/mol. The number of benzene rings is 1. The topological polar surface area (TPSA) is 66.8 Å². The van der Waals surface area contributed by atoms with E-state index in [0.29, 0.717) is 6.42 Å². The van der Waals surface area contributed by atoms with Gasteiger partial charge in [0.25, 0.3) is 0 Å². The van der Waals surface area contributed by atoms with E-state index in [1.807, 2.05) is 30.3 Å². The zero-order valence-electron chi connectivity index (χ0n) is 13.1. The maximum atomic E-state index is 13.5. The van der Waals surface area contributed by atoms with Crippen molar-refractivity contribution in [3.05, 3.63) is 47.8 Å². The minimum absolute atomic E-state index is 0.0916. The predicted molar refractivity (Wildman–Crippen MR) is 82.2 cm³/mol. The summed E-state index contributed by atoms with van der Waals surface area (Å²) in [4.78, 5) is 25.4. The lowest BCUT2D eigenvalue weighted by Crippen LogP contribution is -2.45. The number of hydrogen-bond acceptors (Lipinski definition) is 4. The molecule has 3 atom stereocenters. The van der Waals surface area contributed by atoms with E-state index < -0.39 is 35.9 Å². The van der Waals surface area contributed by atoms with E-state index in [1.54, 1.807) is 0 Å². The number of rotatable bonds is 5. The summed E-state index contributed by atoms with van der Waals surface area (Å²) in [6.07, 6.45) is -0.778. The summed E-state index contributed by atoms with van der Waals surface area (Å²) in [6, 6.07) is 8.94. The minimum atomic E-state index is -1.57. The zero-order chi connectivity index (χ0) is 17.0. The number of ether oxygens (including phenoxy) is 1. The maximum Gasteiger partial charge on any atom is 0.416 e. The van der Waals surface area contributed by atoms with E-state index in [9.17, 15) is 19.1 Å². The van der Waals surface area contributed by atoms with Crippen molar-refractivity contribution < 1.29 is 23.8 Å². The van der Waals surface area contributed by atoms with Crippen LogP contribution in [0.15, 0.2) is 42.2 Å². The van der Waals surface area contributed by atoms with Gasteiger partial charge in [-0.1, -0.05) is 43.3 Å². The van der Waals surface area contributed by atoms with Crippen molar-refractivity contribution in [2.75, 3.05) is 6.61 Å². The number of cyclic esters (lactones) is 1. The van der Waals surface area contributed by atoms with Gasteiger partial charge in [-0.2, -0.15) is 0 Å². The van der Waals surface area contributed by atoms with Crippen molar-refractivity contribution in [2.24, 2.45) is 5.92 Å². The second kappa shape index (κ2) is 7.37. The molecular formula is C17H20FNO4. The first-order valence-corrected chi connectivity index (χ1v) is 7.49. The van der Waals surface area contributed by atoms with Crippen molar-refractivity contribution in [1.29, 1.82) is 0 Å². The monoisotopic (exact) mass is 321 g/mol. The molecule has 0 spiro atoms. The number of allylic oxidation sites excluding steroid dienone is 1. The van der Waals surface area contributed by atoms with Gasteiger partial charge in [-0.25, -0.2) is 14.1 Å². The molecule has 1 aromatic carbocycles. The Morgan fingerprint density at radius 2 is 2.13 bits per heavy atom. The normalized spacial score (nSPS) is 21.0. The molecule has 23 heavy (non-hydrogen) atoms. The number of nitrogens with zero attached hydrogens (tertiary/aromatic N) is 1. The lowest BCUT2D eigenvalue weighted by Gasteiger charge is -2.25. The van der Waals surface area contributed by atoms with Gasteiger partial charge in [0.15, 0.2) is 0 Å². The third kappa shape index (κ3) is 3.76. The van der Waals surface area contributed by atoms with Gasteiger partial charge in [-0.15, -0.1) is 0 Å². The van der Waals surface area contributed by atoms with Crippen molar-refractivity contribution in [3.63, 3.8) is 0 Å². The van der Waals surface area contributed by atoms with Crippen LogP contribution in [0.5, 0.6) is 0 Å². The Balaban J connectivity index is 2.14. The van der Waals surface area contributed by atoms with E-state index in [2.05, 4.69) is 0 Å². The molecule has 0 unspecified atom stereocenters. The van der Waals surface area contributed by atoms with Crippen LogP contribution in [0.25, 0.3) is 0 Å². The molecule has 1 saturated heterocycles. The van der Waals surface area contributed by atoms with Crippen LogP contribution >= 0.6 is 0 Å². The number of hydrogen-bond donors (Lipinski definition) is 1. The summed E-state index contributed by atoms with van der Waals surface area (Å²) < 4.78 is 18.5. The Labute approximate surface area is 134 Å². The van der Waals surface area contributed by atoms with Crippen LogP contribution < -0.4 is 0 Å². The van der Waals surface area contributed by atoms with Gasteiger partial charge in [0.2, 0.25) is 5.91 Å². The van der Waals surface area contributed by atoms with E-state index in [-0.39, 0.29) is 6.61 Å². The molecule has 2 rings (SSSR count). The zero-order valence-corrected chi connectivity index (χ0v) is 13.1. The van der Waals surface area contributed by atoms with E-state index >= 15 is 0 Å². The molecule has 6 heteroatoms. The van der Waals surface area contributed by atoms with Gasteiger partial charge in [0, 0.05) is 0 Å². The first-order valence-electron chi connectivity index (χ1n) is 7.49. The molecule has 5 nitrogen and oxygen atoms in total. The van der Waals surface area contributed by atoms with Crippen LogP contribution in [0.2, 0.25) is 0 Å². The molecule has 0 aliphatic carbocycles. The Bertz CT molecular complexity index is 602. The van der Waals surface area contributed by atoms with Gasteiger partial charge in [0.05, 0.1) is 12.0 Å². The number of amides is 2. The third-order valence-electron chi connectivity index (χ3n) is 3.93. The minimum Gasteiger partial charge on any atom is -0.447 e. The van der Waals surface area contributed by atoms with Crippen LogP contribution in [-0.2, 0) is 16.0 Å². The first kappa shape index (κ1) is 17.1. The number of carbonyl (C=O) groups excluding carboxylic acids is 2. The van der Waals surface area contributed by atoms with E-state index in [0.717, 1.165) is 16.5 Å². The molecule has 124 valence electrons. The molecule has 1 aliphatic rings. The first-order chi connectivity index (χ1) is 11.0. The summed E-state index contributed by atoms with van der Waals surface area (Å²) in [5.41, 5.74) is 0.960. The van der Waals surface area contributed by atoms with E-state index in [1.165, 1.54) is 13.8 Å². The highest BCUT2D eigenvalue weighted by atomic mass is 19.1. The lowest BCUT2D eigenvalue weighted by molar-refractivity contribution is -0.135. The highest BCUT2D eigenvalue weighted by molar-refractivity contribution is 5.95. The number of aliphatic hydroxyl groups is 1. The molecule has 0 saturated carbocycles. The van der Waals surface area contributed by atoms with Crippen molar-refractivity contribution in [3.8, 4) is 0 Å². The second-order valence-electron chi connectivity index (χ2n) is 5.54. The predicted octanol–water partition coefficient (Wildman–Crippen LogP) is 2.45. The molecule has 2 amide bonds. The van der Waals surface area contributed by atoms with Gasteiger partial charge < -0.3 is 9.84 Å².